The molecule has 0 saturated carbocycles. The molecule has 0 saturated heterocycles. The lowest BCUT2D eigenvalue weighted by Gasteiger charge is -2.05. The number of benzene rings is 1. The Balaban J connectivity index is 1.89. The smallest absolute Gasteiger partial charge is 0.342 e. The molecule has 2 rings (SSSR count). The van der Waals surface area contributed by atoms with E-state index in [1.54, 1.807) is 12.1 Å². The summed E-state index contributed by atoms with van der Waals surface area (Å²) in [4.78, 5) is 25.1. The number of ether oxygens (including phenoxy) is 1. The molecule has 0 aliphatic rings. The van der Waals surface area contributed by atoms with Gasteiger partial charge < -0.3 is 14.9 Å². The summed E-state index contributed by atoms with van der Waals surface area (Å²) in [6, 6.07) is 6.68. The van der Waals surface area contributed by atoms with Gasteiger partial charge in [0.2, 0.25) is 15.8 Å². The summed E-state index contributed by atoms with van der Waals surface area (Å²) in [6.07, 6.45) is 1.50. The van der Waals surface area contributed by atoms with E-state index in [2.05, 4.69) is 4.72 Å². The molecule has 1 heterocycles. The zero-order valence-electron chi connectivity index (χ0n) is 13.8. The number of hydrogen-bond acceptors (Lipinski definition) is 8. The number of phenols is 2. The van der Waals surface area contributed by atoms with Crippen molar-refractivity contribution < 1.29 is 33.0 Å². The van der Waals surface area contributed by atoms with Gasteiger partial charge in [0, 0.05) is 17.5 Å². The van der Waals surface area contributed by atoms with Gasteiger partial charge in [-0.3, -0.25) is 4.79 Å². The Morgan fingerprint density at radius 3 is 2.58 bits per heavy atom. The van der Waals surface area contributed by atoms with E-state index in [9.17, 15) is 28.2 Å². The molecular formula is C16H17NO7S2. The SMILES string of the molecule is CS(=O)(=O)NCCc1ccc(C(=O)COC(=O)c2ccc(O)cc2O)s1. The highest BCUT2D eigenvalue weighted by molar-refractivity contribution is 7.88. The molecule has 1 aromatic carbocycles. The molecule has 2 aromatic rings. The van der Waals surface area contributed by atoms with Crippen LogP contribution in [0, 0.1) is 0 Å². The van der Waals surface area contributed by atoms with Crippen LogP contribution in [0.5, 0.6) is 11.5 Å². The second-order valence-electron chi connectivity index (χ2n) is 5.38. The first kappa shape index (κ1) is 19.9. The van der Waals surface area contributed by atoms with Crippen molar-refractivity contribution in [2.75, 3.05) is 19.4 Å². The summed E-state index contributed by atoms with van der Waals surface area (Å²) in [7, 11) is -3.26. The number of nitrogens with one attached hydrogen (secondary N) is 1. The topological polar surface area (TPSA) is 130 Å². The van der Waals surface area contributed by atoms with Crippen LogP contribution in [-0.2, 0) is 21.2 Å². The molecule has 140 valence electrons. The van der Waals surface area contributed by atoms with Gasteiger partial charge in [-0.1, -0.05) is 0 Å². The molecule has 0 atom stereocenters. The van der Waals surface area contributed by atoms with Crippen LogP contribution < -0.4 is 4.72 Å². The van der Waals surface area contributed by atoms with Crippen LogP contribution in [0.2, 0.25) is 0 Å². The summed E-state index contributed by atoms with van der Waals surface area (Å²) < 4.78 is 29.2. The molecule has 0 aliphatic carbocycles. The molecule has 10 heteroatoms. The van der Waals surface area contributed by atoms with Gasteiger partial charge in [-0.25, -0.2) is 17.9 Å². The number of Topliss-reactive ketones (excluding diaryl/α,β-unsaturated/α-hetero) is 1. The second kappa shape index (κ2) is 8.30. The summed E-state index contributed by atoms with van der Waals surface area (Å²) >= 11 is 1.19. The van der Waals surface area contributed by atoms with E-state index in [0.717, 1.165) is 17.2 Å². The number of thiophene rings is 1. The Morgan fingerprint density at radius 1 is 1.19 bits per heavy atom. The van der Waals surface area contributed by atoms with Gasteiger partial charge in [-0.15, -0.1) is 11.3 Å². The molecule has 0 amide bonds. The average molecular weight is 399 g/mol. The molecule has 8 nitrogen and oxygen atoms in total. The third kappa shape index (κ3) is 5.83. The molecule has 0 radical (unpaired) electrons. The molecule has 1 aromatic heterocycles. The van der Waals surface area contributed by atoms with Crippen LogP contribution in [0.3, 0.4) is 0 Å². The minimum Gasteiger partial charge on any atom is -0.508 e. The molecule has 0 unspecified atom stereocenters. The van der Waals surface area contributed by atoms with Crippen molar-refractivity contribution in [1.29, 1.82) is 0 Å². The first-order valence-electron chi connectivity index (χ1n) is 7.41. The van der Waals surface area contributed by atoms with Crippen molar-refractivity contribution in [3.05, 3.63) is 45.6 Å². The number of ketones is 1. The highest BCUT2D eigenvalue weighted by Crippen LogP contribution is 2.23. The van der Waals surface area contributed by atoms with Gasteiger partial charge in [0.15, 0.2) is 6.61 Å². The van der Waals surface area contributed by atoms with Gasteiger partial charge >= 0.3 is 5.97 Å². The first-order chi connectivity index (χ1) is 12.2. The number of carbonyl (C=O) groups is 2. The molecule has 26 heavy (non-hydrogen) atoms. The maximum Gasteiger partial charge on any atom is 0.342 e. The minimum atomic E-state index is -3.26. The Kier molecular flexibility index (Phi) is 6.35. The highest BCUT2D eigenvalue weighted by atomic mass is 32.2. The van der Waals surface area contributed by atoms with Crippen molar-refractivity contribution >= 4 is 33.1 Å². The summed E-state index contributed by atoms with van der Waals surface area (Å²) in [5, 5.41) is 18.8. The van der Waals surface area contributed by atoms with E-state index in [1.807, 2.05) is 0 Å². The standard InChI is InChI=1S/C16H17NO7S2/c1-26(22,23)17-7-6-11-3-5-15(25-11)14(20)9-24-16(21)12-4-2-10(18)8-13(12)19/h2-5,8,17-19H,6-7,9H2,1H3. The molecule has 0 fully saturated rings. The number of phenolic OH excluding ortho intramolecular Hbond substituents is 2. The van der Waals surface area contributed by atoms with Gasteiger partial charge in [0.05, 0.1) is 11.1 Å². The molecule has 0 spiro atoms. The maximum atomic E-state index is 12.1. The lowest BCUT2D eigenvalue weighted by atomic mass is 10.2. The highest BCUT2D eigenvalue weighted by Gasteiger charge is 2.17. The van der Waals surface area contributed by atoms with Crippen LogP contribution >= 0.6 is 11.3 Å². The number of rotatable bonds is 8. The monoisotopic (exact) mass is 399 g/mol. The summed E-state index contributed by atoms with van der Waals surface area (Å²) in [6.45, 7) is -0.275. The molecular weight excluding hydrogens is 382 g/mol. The maximum absolute atomic E-state index is 12.1. The minimum absolute atomic E-state index is 0.158. The molecule has 0 aliphatic heterocycles. The van der Waals surface area contributed by atoms with Gasteiger partial charge in [-0.05, 0) is 30.7 Å². The van der Waals surface area contributed by atoms with E-state index in [0.29, 0.717) is 11.3 Å². The van der Waals surface area contributed by atoms with Gasteiger partial charge in [-0.2, -0.15) is 0 Å². The van der Waals surface area contributed by atoms with Crippen LogP contribution in [0.1, 0.15) is 24.9 Å². The molecule has 0 bridgehead atoms. The van der Waals surface area contributed by atoms with Crippen molar-refractivity contribution in [3.8, 4) is 11.5 Å². The van der Waals surface area contributed by atoms with Crippen molar-refractivity contribution in [3.63, 3.8) is 0 Å². The number of hydrogen-bond donors (Lipinski definition) is 3. The quantitative estimate of drug-likeness (QED) is 0.450. The number of carbonyl (C=O) groups excluding carboxylic acids is 2. The lowest BCUT2D eigenvalue weighted by Crippen LogP contribution is -2.24. The number of esters is 1. The Bertz CT molecular complexity index is 918. The third-order valence-corrected chi connectivity index (χ3v) is 5.12. The number of aromatic hydroxyl groups is 2. The van der Waals surface area contributed by atoms with E-state index in [4.69, 9.17) is 4.74 Å². The second-order valence-corrected chi connectivity index (χ2v) is 8.38. The Labute approximate surface area is 154 Å². The van der Waals surface area contributed by atoms with Crippen LogP contribution in [0.15, 0.2) is 30.3 Å². The first-order valence-corrected chi connectivity index (χ1v) is 10.1. The Morgan fingerprint density at radius 2 is 1.92 bits per heavy atom. The Hall–Kier alpha value is -2.43. The zero-order chi connectivity index (χ0) is 19.3. The normalized spacial score (nSPS) is 11.3. The van der Waals surface area contributed by atoms with E-state index >= 15 is 0 Å². The lowest BCUT2D eigenvalue weighted by molar-refractivity contribution is 0.0473. The van der Waals surface area contributed by atoms with Crippen molar-refractivity contribution in [2.45, 2.75) is 6.42 Å². The number of sulfonamides is 1. The predicted octanol–water partition coefficient (Wildman–Crippen LogP) is 1.29. The van der Waals surface area contributed by atoms with Gasteiger partial charge in [0.1, 0.15) is 17.1 Å². The fourth-order valence-corrected chi connectivity index (χ4v) is 3.40. The largest absolute Gasteiger partial charge is 0.508 e. The van der Waals surface area contributed by atoms with Gasteiger partial charge in [0.25, 0.3) is 0 Å². The molecule has 3 N–H and O–H groups in total. The summed E-state index contributed by atoms with van der Waals surface area (Å²) in [5.74, 6) is -1.94. The third-order valence-electron chi connectivity index (χ3n) is 3.21. The average Bonchev–Trinajstić information content (AvgIpc) is 3.00. The summed E-state index contributed by atoms with van der Waals surface area (Å²) in [5.41, 5.74) is -0.158. The zero-order valence-corrected chi connectivity index (χ0v) is 15.4. The van der Waals surface area contributed by atoms with Crippen LogP contribution in [-0.4, -0.2) is 49.8 Å². The fraction of sp³-hybridized carbons (Fsp3) is 0.250. The van der Waals surface area contributed by atoms with E-state index < -0.39 is 34.1 Å². The van der Waals surface area contributed by atoms with Crippen LogP contribution in [0.25, 0.3) is 0 Å². The predicted molar refractivity (Wildman–Crippen MR) is 95.3 cm³/mol. The van der Waals surface area contributed by atoms with Crippen LogP contribution in [0.4, 0.5) is 0 Å². The van der Waals surface area contributed by atoms with E-state index in [1.165, 1.54) is 23.5 Å². The fourth-order valence-electron chi connectivity index (χ4n) is 1.99. The van der Waals surface area contributed by atoms with E-state index in [-0.39, 0.29) is 17.9 Å². The van der Waals surface area contributed by atoms with Crippen molar-refractivity contribution in [1.82, 2.24) is 4.72 Å². The van der Waals surface area contributed by atoms with Crippen molar-refractivity contribution in [2.24, 2.45) is 0 Å².